The number of nitrogens with one attached hydrogen (secondary N) is 1. The van der Waals surface area contributed by atoms with Crippen molar-refractivity contribution < 1.29 is 4.74 Å². The van der Waals surface area contributed by atoms with Crippen molar-refractivity contribution in [3.05, 3.63) is 28.8 Å². The summed E-state index contributed by atoms with van der Waals surface area (Å²) in [7, 11) is 3.75. The van der Waals surface area contributed by atoms with Crippen molar-refractivity contribution in [1.29, 1.82) is 0 Å². The number of ether oxygens (including phenoxy) is 1. The average Bonchev–Trinajstić information content (AvgIpc) is 2.33. The highest BCUT2D eigenvalue weighted by Crippen LogP contribution is 2.28. The zero-order valence-electron chi connectivity index (χ0n) is 10.8. The van der Waals surface area contributed by atoms with Gasteiger partial charge in [0.05, 0.1) is 17.3 Å². The summed E-state index contributed by atoms with van der Waals surface area (Å²) in [6.07, 6.45) is 0. The van der Waals surface area contributed by atoms with Crippen LogP contribution in [0.3, 0.4) is 0 Å². The fraction of sp³-hybridized carbons (Fsp3) is 0.538. The van der Waals surface area contributed by atoms with Gasteiger partial charge < -0.3 is 15.0 Å². The Kier molecular flexibility index (Phi) is 6.34. The quantitative estimate of drug-likeness (QED) is 0.812. The molecule has 0 heterocycles. The van der Waals surface area contributed by atoms with Gasteiger partial charge in [0.25, 0.3) is 0 Å². The first-order valence-corrected chi connectivity index (χ1v) is 6.26. The third-order valence-electron chi connectivity index (χ3n) is 2.65. The van der Waals surface area contributed by atoms with Crippen molar-refractivity contribution in [2.24, 2.45) is 0 Å². The number of rotatable bonds is 7. The molecule has 0 radical (unpaired) electrons. The van der Waals surface area contributed by atoms with Crippen molar-refractivity contribution in [1.82, 2.24) is 5.32 Å². The zero-order chi connectivity index (χ0) is 12.7. The molecule has 0 aliphatic rings. The molecule has 1 N–H and O–H groups in total. The summed E-state index contributed by atoms with van der Waals surface area (Å²) >= 11 is 6.27. The lowest BCUT2D eigenvalue weighted by atomic mass is 10.1. The highest BCUT2D eigenvalue weighted by Gasteiger charge is 2.10. The Morgan fingerprint density at radius 3 is 2.82 bits per heavy atom. The number of methoxy groups -OCH3 is 1. The highest BCUT2D eigenvalue weighted by molar-refractivity contribution is 6.33. The minimum atomic E-state index is 0.697. The van der Waals surface area contributed by atoms with E-state index in [1.54, 1.807) is 7.11 Å². The van der Waals surface area contributed by atoms with Gasteiger partial charge in [-0.15, -0.1) is 0 Å². The van der Waals surface area contributed by atoms with E-state index < -0.39 is 0 Å². The largest absolute Gasteiger partial charge is 0.383 e. The average molecular weight is 257 g/mol. The van der Waals surface area contributed by atoms with E-state index in [1.807, 2.05) is 19.2 Å². The van der Waals surface area contributed by atoms with Gasteiger partial charge in [0.1, 0.15) is 0 Å². The molecule has 0 aromatic heterocycles. The first-order chi connectivity index (χ1) is 8.20. The SMILES string of the molecule is CCNCc1cccc(Cl)c1N(C)CCOC. The van der Waals surface area contributed by atoms with Gasteiger partial charge in [-0.25, -0.2) is 0 Å². The Morgan fingerprint density at radius 1 is 1.41 bits per heavy atom. The lowest BCUT2D eigenvalue weighted by molar-refractivity contribution is 0.206. The van der Waals surface area contributed by atoms with Crippen molar-refractivity contribution in [3.63, 3.8) is 0 Å². The second-order valence-electron chi connectivity index (χ2n) is 3.94. The van der Waals surface area contributed by atoms with E-state index in [1.165, 1.54) is 5.56 Å². The minimum Gasteiger partial charge on any atom is -0.383 e. The normalized spacial score (nSPS) is 10.6. The van der Waals surface area contributed by atoms with Gasteiger partial charge in [-0.2, -0.15) is 0 Å². The molecule has 1 aromatic rings. The summed E-state index contributed by atoms with van der Waals surface area (Å²) in [4.78, 5) is 2.14. The van der Waals surface area contributed by atoms with Gasteiger partial charge in [-0.3, -0.25) is 0 Å². The van der Waals surface area contributed by atoms with Crippen LogP contribution in [0.25, 0.3) is 0 Å². The second-order valence-corrected chi connectivity index (χ2v) is 4.35. The summed E-state index contributed by atoms with van der Waals surface area (Å²) < 4.78 is 5.09. The molecule has 4 heteroatoms. The number of para-hydroxylation sites is 1. The van der Waals surface area contributed by atoms with Crippen molar-refractivity contribution in [3.8, 4) is 0 Å². The summed E-state index contributed by atoms with van der Waals surface area (Å²) in [6, 6.07) is 6.02. The molecule has 0 bridgehead atoms. The van der Waals surface area contributed by atoms with Crippen LogP contribution in [0.15, 0.2) is 18.2 Å². The van der Waals surface area contributed by atoms with Crippen LogP contribution in [-0.4, -0.2) is 33.9 Å². The number of benzene rings is 1. The van der Waals surface area contributed by atoms with Gasteiger partial charge in [0.15, 0.2) is 0 Å². The van der Waals surface area contributed by atoms with Crippen LogP contribution in [-0.2, 0) is 11.3 Å². The van der Waals surface area contributed by atoms with E-state index in [2.05, 4.69) is 23.2 Å². The van der Waals surface area contributed by atoms with E-state index in [9.17, 15) is 0 Å². The van der Waals surface area contributed by atoms with Crippen LogP contribution >= 0.6 is 11.6 Å². The maximum Gasteiger partial charge on any atom is 0.0642 e. The van der Waals surface area contributed by atoms with Crippen LogP contribution < -0.4 is 10.2 Å². The van der Waals surface area contributed by atoms with Gasteiger partial charge >= 0.3 is 0 Å². The molecule has 0 spiro atoms. The van der Waals surface area contributed by atoms with Crippen LogP contribution in [0.1, 0.15) is 12.5 Å². The maximum absolute atomic E-state index is 6.27. The predicted molar refractivity (Wildman–Crippen MR) is 74.0 cm³/mol. The molecule has 0 unspecified atom stereocenters. The Hall–Kier alpha value is -0.770. The first-order valence-electron chi connectivity index (χ1n) is 5.88. The molecule has 0 saturated heterocycles. The Bertz CT molecular complexity index is 344. The van der Waals surface area contributed by atoms with E-state index in [4.69, 9.17) is 16.3 Å². The molecule has 17 heavy (non-hydrogen) atoms. The molecule has 3 nitrogen and oxygen atoms in total. The van der Waals surface area contributed by atoms with Gasteiger partial charge in [-0.1, -0.05) is 30.7 Å². The third-order valence-corrected chi connectivity index (χ3v) is 2.95. The van der Waals surface area contributed by atoms with Crippen molar-refractivity contribution >= 4 is 17.3 Å². The fourth-order valence-corrected chi connectivity index (χ4v) is 2.07. The zero-order valence-corrected chi connectivity index (χ0v) is 11.5. The molecule has 0 fully saturated rings. The van der Waals surface area contributed by atoms with Gasteiger partial charge in [0.2, 0.25) is 0 Å². The Balaban J connectivity index is 2.85. The number of hydrogen-bond donors (Lipinski definition) is 1. The lowest BCUT2D eigenvalue weighted by Crippen LogP contribution is -2.25. The second kappa shape index (κ2) is 7.54. The summed E-state index contributed by atoms with van der Waals surface area (Å²) in [5, 5.41) is 4.12. The molecule has 0 aliphatic heterocycles. The number of hydrogen-bond acceptors (Lipinski definition) is 3. The molecular weight excluding hydrogens is 236 g/mol. The standard InChI is InChI=1S/C13H21ClN2O/c1-4-15-10-11-6-5-7-12(14)13(11)16(2)8-9-17-3/h5-7,15H,4,8-10H2,1-3H3. The number of likely N-dealkylation sites (N-methyl/N-ethyl adjacent to an activating group) is 1. The van der Waals surface area contributed by atoms with Crippen LogP contribution in [0.5, 0.6) is 0 Å². The summed E-state index contributed by atoms with van der Waals surface area (Å²) in [6.45, 7) is 5.41. The van der Waals surface area contributed by atoms with Gasteiger partial charge in [0, 0.05) is 27.2 Å². The molecule has 1 rings (SSSR count). The third kappa shape index (κ3) is 4.19. The molecule has 0 amide bonds. The van der Waals surface area contributed by atoms with E-state index >= 15 is 0 Å². The van der Waals surface area contributed by atoms with Crippen LogP contribution in [0, 0.1) is 0 Å². The lowest BCUT2D eigenvalue weighted by Gasteiger charge is -2.23. The van der Waals surface area contributed by atoms with Crippen molar-refractivity contribution in [2.45, 2.75) is 13.5 Å². The smallest absolute Gasteiger partial charge is 0.0642 e. The predicted octanol–water partition coefficient (Wildman–Crippen LogP) is 2.53. The highest BCUT2D eigenvalue weighted by atomic mass is 35.5. The molecule has 0 atom stereocenters. The van der Waals surface area contributed by atoms with E-state index in [0.29, 0.717) is 6.61 Å². The molecule has 96 valence electrons. The summed E-state index contributed by atoms with van der Waals surface area (Å²) in [5.41, 5.74) is 2.31. The number of nitrogens with zero attached hydrogens (tertiary/aromatic N) is 1. The molecule has 1 aromatic carbocycles. The van der Waals surface area contributed by atoms with Crippen LogP contribution in [0.4, 0.5) is 5.69 Å². The fourth-order valence-electron chi connectivity index (χ4n) is 1.73. The summed E-state index contributed by atoms with van der Waals surface area (Å²) in [5.74, 6) is 0. The van der Waals surface area contributed by atoms with Gasteiger partial charge in [-0.05, 0) is 18.2 Å². The molecule has 0 aliphatic carbocycles. The maximum atomic E-state index is 6.27. The first kappa shape index (κ1) is 14.3. The number of halogens is 1. The van der Waals surface area contributed by atoms with E-state index in [0.717, 1.165) is 30.3 Å². The van der Waals surface area contributed by atoms with Crippen molar-refractivity contribution in [2.75, 3.05) is 38.8 Å². The van der Waals surface area contributed by atoms with Crippen LogP contribution in [0.2, 0.25) is 5.02 Å². The topological polar surface area (TPSA) is 24.5 Å². The minimum absolute atomic E-state index is 0.697. The van der Waals surface area contributed by atoms with E-state index in [-0.39, 0.29) is 0 Å². The molecule has 0 saturated carbocycles. The Labute approximate surface area is 109 Å². The Morgan fingerprint density at radius 2 is 2.18 bits per heavy atom. The monoisotopic (exact) mass is 256 g/mol. The molecular formula is C13H21ClN2O. The number of anilines is 1.